The number of esters is 1. The van der Waals surface area contributed by atoms with Crippen molar-refractivity contribution in [1.29, 1.82) is 0 Å². The Morgan fingerprint density at radius 2 is 1.86 bits per heavy atom. The number of aromatic amines is 1. The summed E-state index contributed by atoms with van der Waals surface area (Å²) in [5, 5.41) is 16.7. The van der Waals surface area contributed by atoms with Crippen molar-refractivity contribution in [3.63, 3.8) is 0 Å². The molecule has 35 heavy (non-hydrogen) atoms. The number of H-pyrrole nitrogens is 1. The second-order valence-electron chi connectivity index (χ2n) is 9.05. The van der Waals surface area contributed by atoms with Crippen molar-refractivity contribution in [3.8, 4) is 5.75 Å². The molecule has 0 bridgehead atoms. The van der Waals surface area contributed by atoms with Crippen LogP contribution >= 0.6 is 11.8 Å². The number of benzene rings is 2. The summed E-state index contributed by atoms with van der Waals surface area (Å²) in [6, 6.07) is 14.6. The normalized spacial score (nSPS) is 23.2. The van der Waals surface area contributed by atoms with Crippen LogP contribution in [0.25, 0.3) is 0 Å². The molecule has 2 aromatic carbocycles. The fraction of sp³-hybridized carbons (Fsp3) is 0.333. The van der Waals surface area contributed by atoms with Gasteiger partial charge in [0.25, 0.3) is 0 Å². The first-order chi connectivity index (χ1) is 16.8. The van der Waals surface area contributed by atoms with E-state index in [-0.39, 0.29) is 17.3 Å². The summed E-state index contributed by atoms with van der Waals surface area (Å²) in [6.07, 6.45) is 0. The van der Waals surface area contributed by atoms with Crippen LogP contribution < -0.4 is 10.1 Å². The van der Waals surface area contributed by atoms with Gasteiger partial charge in [0.1, 0.15) is 23.2 Å². The van der Waals surface area contributed by atoms with Gasteiger partial charge in [0.15, 0.2) is 11.7 Å². The highest BCUT2D eigenvalue weighted by atomic mass is 32.2. The molecule has 2 N–H and O–H groups in total. The van der Waals surface area contributed by atoms with Gasteiger partial charge in [-0.05, 0) is 38.0 Å². The zero-order valence-electron chi connectivity index (χ0n) is 19.3. The number of β-lactam (4-membered cyclic amide) rings is 1. The summed E-state index contributed by atoms with van der Waals surface area (Å²) in [7, 11) is 0. The molecule has 2 aliphatic heterocycles. The maximum absolute atomic E-state index is 13.4. The van der Waals surface area contributed by atoms with E-state index in [9.17, 15) is 14.4 Å². The number of hydrogen-bond acceptors (Lipinski definition) is 8. The number of nitrogens with zero attached hydrogens (tertiary/aromatic N) is 4. The number of aromatic nitrogens is 4. The van der Waals surface area contributed by atoms with Crippen molar-refractivity contribution in [1.82, 2.24) is 30.8 Å². The Balaban J connectivity index is 1.37. The van der Waals surface area contributed by atoms with Crippen molar-refractivity contribution in [2.24, 2.45) is 0 Å². The smallest absolute Gasteiger partial charge is 0.328 e. The summed E-state index contributed by atoms with van der Waals surface area (Å²) in [4.78, 5) is 41.4. The van der Waals surface area contributed by atoms with Crippen molar-refractivity contribution >= 4 is 29.5 Å². The molecule has 0 spiro atoms. The first-order valence-electron chi connectivity index (χ1n) is 11.1. The first-order valence-corrected chi connectivity index (χ1v) is 12.0. The van der Waals surface area contributed by atoms with Gasteiger partial charge in [-0.3, -0.25) is 14.4 Å². The quantitative estimate of drug-likeness (QED) is 0.232. The molecule has 3 aromatic rings. The minimum absolute atomic E-state index is 0.254. The lowest BCUT2D eigenvalue weighted by Crippen LogP contribution is -2.68. The zero-order chi connectivity index (χ0) is 24.7. The van der Waals surface area contributed by atoms with E-state index >= 15 is 0 Å². The number of rotatable bonds is 6. The Morgan fingerprint density at radius 3 is 2.54 bits per heavy atom. The summed E-state index contributed by atoms with van der Waals surface area (Å²) in [6.45, 7) is 5.81. The number of hydrogen-bond donors (Lipinski definition) is 2. The molecule has 0 radical (unpaired) electrons. The molecule has 2 fully saturated rings. The topological polar surface area (TPSA) is 130 Å². The minimum atomic E-state index is -1.23. The fourth-order valence-electron chi connectivity index (χ4n) is 4.56. The molecule has 0 aliphatic carbocycles. The molecule has 11 heteroatoms. The van der Waals surface area contributed by atoms with Gasteiger partial charge in [-0.1, -0.05) is 53.7 Å². The van der Waals surface area contributed by atoms with E-state index in [1.165, 1.54) is 0 Å². The Bertz CT molecular complexity index is 1270. The van der Waals surface area contributed by atoms with E-state index in [1.807, 2.05) is 32.9 Å². The summed E-state index contributed by atoms with van der Waals surface area (Å²) < 4.78 is 5.20. The lowest BCUT2D eigenvalue weighted by atomic mass is 9.94. The van der Waals surface area contributed by atoms with Crippen LogP contribution in [0.3, 0.4) is 0 Å². The van der Waals surface area contributed by atoms with Crippen molar-refractivity contribution < 1.29 is 19.1 Å². The van der Waals surface area contributed by atoms with Crippen LogP contribution in [0.5, 0.6) is 5.75 Å². The van der Waals surface area contributed by atoms with Crippen LogP contribution in [0.15, 0.2) is 54.6 Å². The number of thioether (sulfide) groups is 1. The van der Waals surface area contributed by atoms with Gasteiger partial charge in [-0.2, -0.15) is 5.21 Å². The second kappa shape index (κ2) is 8.81. The molecular formula is C24H24N6O4S. The van der Waals surface area contributed by atoms with E-state index in [0.29, 0.717) is 17.1 Å². The third-order valence-electron chi connectivity index (χ3n) is 6.28. The highest BCUT2D eigenvalue weighted by Gasteiger charge is 2.63. The van der Waals surface area contributed by atoms with Crippen LogP contribution in [-0.4, -0.2) is 59.5 Å². The molecule has 0 saturated carbocycles. The Hall–Kier alpha value is -3.73. The predicted octanol–water partition coefficient (Wildman–Crippen LogP) is 2.12. The van der Waals surface area contributed by atoms with E-state index < -0.39 is 28.6 Å². The number of ether oxygens (including phenoxy) is 1. The molecule has 10 nitrogen and oxygen atoms in total. The molecule has 2 amide bonds. The third-order valence-corrected chi connectivity index (χ3v) is 7.85. The number of aryl methyl sites for hydroxylation is 1. The van der Waals surface area contributed by atoms with E-state index in [0.717, 1.165) is 5.56 Å². The summed E-state index contributed by atoms with van der Waals surface area (Å²) >= 11 is 1.55. The standard InChI is InChI=1S/C24H24N6O4S/c1-13-9-7-8-12-15(13)34-23(33)16(14-10-5-4-6-11-14)20(31)25-17-21(32)30-18(19-26-28-29-27-19)24(2,3)35-22(17)30/h4-12,16-18,22H,1-3H3,(H,25,31)(H,26,27,28,29)/t16?,17?,18?,22-/m1/s1. The van der Waals surface area contributed by atoms with Crippen LogP contribution in [0.4, 0.5) is 0 Å². The van der Waals surface area contributed by atoms with E-state index in [1.54, 1.807) is 59.1 Å². The van der Waals surface area contributed by atoms with Crippen molar-refractivity contribution in [2.75, 3.05) is 0 Å². The number of fused-ring (bicyclic) bond motifs is 1. The Morgan fingerprint density at radius 1 is 1.14 bits per heavy atom. The molecular weight excluding hydrogens is 468 g/mol. The van der Waals surface area contributed by atoms with Gasteiger partial charge in [0.05, 0.1) is 0 Å². The average molecular weight is 493 g/mol. The number of tetrazole rings is 1. The first kappa shape index (κ1) is 23.0. The van der Waals surface area contributed by atoms with Crippen molar-refractivity contribution in [3.05, 3.63) is 71.5 Å². The molecule has 3 heterocycles. The van der Waals surface area contributed by atoms with Crippen molar-refractivity contribution in [2.45, 2.75) is 48.9 Å². The van der Waals surface area contributed by atoms with Crippen LogP contribution in [-0.2, 0) is 14.4 Å². The highest BCUT2D eigenvalue weighted by molar-refractivity contribution is 8.01. The summed E-state index contributed by atoms with van der Waals surface area (Å²) in [5.41, 5.74) is 1.26. The summed E-state index contributed by atoms with van der Waals surface area (Å²) in [5.74, 6) is -1.98. The number of para-hydroxylation sites is 1. The lowest BCUT2D eigenvalue weighted by molar-refractivity contribution is -0.153. The maximum atomic E-state index is 13.4. The number of carbonyl (C=O) groups is 3. The fourth-order valence-corrected chi connectivity index (χ4v) is 6.19. The molecule has 1 aromatic heterocycles. The molecule has 2 aliphatic rings. The van der Waals surface area contributed by atoms with Gasteiger partial charge in [-0.25, -0.2) is 0 Å². The molecule has 180 valence electrons. The monoisotopic (exact) mass is 492 g/mol. The number of nitrogens with one attached hydrogen (secondary N) is 2. The predicted molar refractivity (Wildman–Crippen MR) is 127 cm³/mol. The number of amides is 2. The maximum Gasteiger partial charge on any atom is 0.328 e. The molecule has 2 saturated heterocycles. The molecule has 5 rings (SSSR count). The molecule has 4 atom stereocenters. The number of carbonyl (C=O) groups excluding carboxylic acids is 3. The highest BCUT2D eigenvalue weighted by Crippen LogP contribution is 2.56. The zero-order valence-corrected chi connectivity index (χ0v) is 20.2. The van der Waals surface area contributed by atoms with Gasteiger partial charge in [-0.15, -0.1) is 22.0 Å². The van der Waals surface area contributed by atoms with Crippen LogP contribution in [0, 0.1) is 6.92 Å². The third kappa shape index (κ3) is 4.05. The Kier molecular flexibility index (Phi) is 5.79. The Labute approximate surface area is 205 Å². The largest absolute Gasteiger partial charge is 0.425 e. The van der Waals surface area contributed by atoms with Crippen LogP contribution in [0.1, 0.15) is 42.8 Å². The second-order valence-corrected chi connectivity index (χ2v) is 10.8. The minimum Gasteiger partial charge on any atom is -0.425 e. The average Bonchev–Trinajstić information content (AvgIpc) is 3.44. The SMILES string of the molecule is Cc1ccccc1OC(=O)C(C(=O)NC1C(=O)N2C(c3nn[nH]n3)C(C)(C)S[C@H]12)c1ccccc1. The van der Waals surface area contributed by atoms with Gasteiger partial charge in [0.2, 0.25) is 11.8 Å². The van der Waals surface area contributed by atoms with Crippen LogP contribution in [0.2, 0.25) is 0 Å². The molecule has 3 unspecified atom stereocenters. The van der Waals surface area contributed by atoms with E-state index in [2.05, 4.69) is 25.9 Å². The van der Waals surface area contributed by atoms with E-state index in [4.69, 9.17) is 4.74 Å². The lowest BCUT2D eigenvalue weighted by Gasteiger charge is -2.44. The van der Waals surface area contributed by atoms with Gasteiger partial charge >= 0.3 is 5.97 Å². The van der Waals surface area contributed by atoms with Gasteiger partial charge in [0, 0.05) is 4.75 Å². The van der Waals surface area contributed by atoms with Gasteiger partial charge < -0.3 is 15.0 Å².